The molecule has 0 atom stereocenters. The second kappa shape index (κ2) is 4.73. The highest BCUT2D eigenvalue weighted by molar-refractivity contribution is 6.33. The van der Waals surface area contributed by atoms with E-state index in [2.05, 4.69) is 15.0 Å². The van der Waals surface area contributed by atoms with Crippen molar-refractivity contribution in [2.24, 2.45) is 0 Å². The number of rotatable bonds is 2. The number of hydrogen-bond donors (Lipinski definition) is 1. The number of aromatic nitrogens is 3. The van der Waals surface area contributed by atoms with Crippen LogP contribution in [-0.4, -0.2) is 29.0 Å². The molecule has 0 spiro atoms. The highest BCUT2D eigenvalue weighted by Crippen LogP contribution is 2.26. The molecule has 5 nitrogen and oxygen atoms in total. The number of nitrogen functional groups attached to an aromatic ring is 1. The number of anilines is 2. The summed E-state index contributed by atoms with van der Waals surface area (Å²) in [5.41, 5.74) is 6.12. The summed E-state index contributed by atoms with van der Waals surface area (Å²) in [6.45, 7) is 0. The molecule has 0 amide bonds. The van der Waals surface area contributed by atoms with E-state index >= 15 is 0 Å². The van der Waals surface area contributed by atoms with Gasteiger partial charge in [0.25, 0.3) is 0 Å². The molecule has 0 aliphatic heterocycles. The van der Waals surface area contributed by atoms with Gasteiger partial charge in [-0.25, -0.2) is 4.39 Å². The highest BCUT2D eigenvalue weighted by Gasteiger charge is 2.11. The first-order valence-electron chi connectivity index (χ1n) is 5.11. The fourth-order valence-corrected chi connectivity index (χ4v) is 1.62. The van der Waals surface area contributed by atoms with Crippen LogP contribution < -0.4 is 10.6 Å². The molecule has 0 fully saturated rings. The fraction of sp³-hybridized carbons (Fsp3) is 0.182. The lowest BCUT2D eigenvalue weighted by Crippen LogP contribution is -2.15. The number of halogens is 2. The zero-order chi connectivity index (χ0) is 13.3. The van der Waals surface area contributed by atoms with Gasteiger partial charge in [0.05, 0.1) is 5.02 Å². The van der Waals surface area contributed by atoms with E-state index in [4.69, 9.17) is 17.3 Å². The van der Waals surface area contributed by atoms with Gasteiger partial charge in [0.15, 0.2) is 5.82 Å². The molecular formula is C11H11ClFN5. The Kier molecular flexibility index (Phi) is 3.29. The Labute approximate surface area is 108 Å². The molecule has 0 aliphatic carbocycles. The molecule has 94 valence electrons. The monoisotopic (exact) mass is 267 g/mol. The van der Waals surface area contributed by atoms with Crippen LogP contribution in [0.2, 0.25) is 5.02 Å². The number of hydrogen-bond acceptors (Lipinski definition) is 5. The van der Waals surface area contributed by atoms with Crippen LogP contribution in [0.1, 0.15) is 0 Å². The fourth-order valence-electron chi connectivity index (χ4n) is 1.37. The highest BCUT2D eigenvalue weighted by atomic mass is 35.5. The van der Waals surface area contributed by atoms with Crippen molar-refractivity contribution in [3.8, 4) is 11.4 Å². The zero-order valence-corrected chi connectivity index (χ0v) is 10.6. The molecule has 2 rings (SSSR count). The van der Waals surface area contributed by atoms with Gasteiger partial charge in [-0.15, -0.1) is 0 Å². The van der Waals surface area contributed by atoms with Gasteiger partial charge in [-0.05, 0) is 18.2 Å². The summed E-state index contributed by atoms with van der Waals surface area (Å²) in [6, 6.07) is 3.99. The predicted octanol–water partition coefficient (Wildman–Crippen LogP) is 1.98. The van der Waals surface area contributed by atoms with E-state index in [1.807, 2.05) is 0 Å². The summed E-state index contributed by atoms with van der Waals surface area (Å²) >= 11 is 5.95. The van der Waals surface area contributed by atoms with Crippen molar-refractivity contribution >= 4 is 23.5 Å². The van der Waals surface area contributed by atoms with Crippen molar-refractivity contribution in [3.05, 3.63) is 29.0 Å². The van der Waals surface area contributed by atoms with Crippen molar-refractivity contribution in [2.75, 3.05) is 24.7 Å². The van der Waals surface area contributed by atoms with E-state index in [9.17, 15) is 4.39 Å². The van der Waals surface area contributed by atoms with Crippen LogP contribution >= 0.6 is 11.6 Å². The van der Waals surface area contributed by atoms with E-state index in [1.165, 1.54) is 18.2 Å². The van der Waals surface area contributed by atoms with Gasteiger partial charge in [-0.2, -0.15) is 15.0 Å². The number of nitrogens with two attached hydrogens (primary N) is 1. The second-order valence-corrected chi connectivity index (χ2v) is 4.24. The van der Waals surface area contributed by atoms with E-state index < -0.39 is 5.82 Å². The Morgan fingerprint density at radius 3 is 2.56 bits per heavy atom. The third-order valence-electron chi connectivity index (χ3n) is 2.21. The van der Waals surface area contributed by atoms with Crippen molar-refractivity contribution in [2.45, 2.75) is 0 Å². The van der Waals surface area contributed by atoms with Gasteiger partial charge in [0.1, 0.15) is 5.82 Å². The molecule has 0 aliphatic rings. The molecule has 18 heavy (non-hydrogen) atoms. The van der Waals surface area contributed by atoms with Crippen molar-refractivity contribution in [3.63, 3.8) is 0 Å². The van der Waals surface area contributed by atoms with Gasteiger partial charge >= 0.3 is 0 Å². The average molecular weight is 268 g/mol. The van der Waals surface area contributed by atoms with Crippen molar-refractivity contribution in [1.82, 2.24) is 15.0 Å². The molecule has 7 heteroatoms. The minimum atomic E-state index is -0.418. The van der Waals surface area contributed by atoms with Crippen molar-refractivity contribution in [1.29, 1.82) is 0 Å². The van der Waals surface area contributed by atoms with E-state index in [1.54, 1.807) is 19.0 Å². The summed E-state index contributed by atoms with van der Waals surface area (Å²) in [6.07, 6.45) is 0. The Morgan fingerprint density at radius 2 is 1.94 bits per heavy atom. The normalized spacial score (nSPS) is 10.4. The maximum Gasteiger partial charge on any atom is 0.230 e. The number of benzene rings is 1. The Balaban J connectivity index is 2.56. The first-order chi connectivity index (χ1) is 8.47. The molecule has 0 radical (unpaired) electrons. The minimum Gasteiger partial charge on any atom is -0.368 e. The van der Waals surface area contributed by atoms with Gasteiger partial charge < -0.3 is 10.6 Å². The largest absolute Gasteiger partial charge is 0.368 e. The third kappa shape index (κ3) is 2.48. The van der Waals surface area contributed by atoms with Gasteiger partial charge in [0.2, 0.25) is 11.9 Å². The second-order valence-electron chi connectivity index (χ2n) is 3.84. The van der Waals surface area contributed by atoms with Crippen LogP contribution in [0.3, 0.4) is 0 Å². The lowest BCUT2D eigenvalue weighted by molar-refractivity contribution is 0.628. The van der Waals surface area contributed by atoms with Crippen LogP contribution in [0.4, 0.5) is 16.3 Å². The summed E-state index contributed by atoms with van der Waals surface area (Å²) in [4.78, 5) is 13.9. The first-order valence-corrected chi connectivity index (χ1v) is 5.49. The topological polar surface area (TPSA) is 67.9 Å². The molecule has 0 unspecified atom stereocenters. The SMILES string of the molecule is CN(C)c1nc(N)nc(-c2ccc(F)cc2Cl)n1. The van der Waals surface area contributed by atoms with E-state index in [-0.39, 0.29) is 11.0 Å². The molecule has 1 aromatic heterocycles. The van der Waals surface area contributed by atoms with Crippen LogP contribution in [0.15, 0.2) is 18.2 Å². The third-order valence-corrected chi connectivity index (χ3v) is 2.53. The summed E-state index contributed by atoms with van der Waals surface area (Å²) < 4.78 is 13.0. The molecule has 0 bridgehead atoms. The zero-order valence-electron chi connectivity index (χ0n) is 9.85. The van der Waals surface area contributed by atoms with E-state index in [0.717, 1.165) is 0 Å². The molecule has 1 heterocycles. The summed E-state index contributed by atoms with van der Waals surface area (Å²) in [7, 11) is 3.57. The van der Waals surface area contributed by atoms with Gasteiger partial charge in [-0.1, -0.05) is 11.6 Å². The minimum absolute atomic E-state index is 0.0871. The van der Waals surface area contributed by atoms with E-state index in [0.29, 0.717) is 17.3 Å². The van der Waals surface area contributed by atoms with Crippen LogP contribution in [0.5, 0.6) is 0 Å². The van der Waals surface area contributed by atoms with Crippen LogP contribution in [-0.2, 0) is 0 Å². The summed E-state index contributed by atoms with van der Waals surface area (Å²) in [5.74, 6) is 0.400. The quantitative estimate of drug-likeness (QED) is 0.901. The molecule has 2 N–H and O–H groups in total. The Hall–Kier alpha value is -1.95. The lowest BCUT2D eigenvalue weighted by atomic mass is 10.2. The van der Waals surface area contributed by atoms with Crippen LogP contribution in [0, 0.1) is 5.82 Å². The maximum absolute atomic E-state index is 13.0. The van der Waals surface area contributed by atoms with Gasteiger partial charge in [-0.3, -0.25) is 0 Å². The molecule has 2 aromatic rings. The smallest absolute Gasteiger partial charge is 0.230 e. The van der Waals surface area contributed by atoms with Crippen molar-refractivity contribution < 1.29 is 4.39 Å². The number of nitrogens with zero attached hydrogens (tertiary/aromatic N) is 4. The lowest BCUT2D eigenvalue weighted by Gasteiger charge is -2.11. The summed E-state index contributed by atoms with van der Waals surface area (Å²) in [5, 5.41) is 0.227. The maximum atomic E-state index is 13.0. The first kappa shape index (κ1) is 12.5. The standard InChI is InChI=1S/C11H11ClFN5/c1-18(2)11-16-9(15-10(14)17-11)7-4-3-6(13)5-8(7)12/h3-5H,1-2H3,(H2,14,15,16,17). The van der Waals surface area contributed by atoms with Crippen LogP contribution in [0.25, 0.3) is 11.4 Å². The average Bonchev–Trinajstić information content (AvgIpc) is 2.27. The Morgan fingerprint density at radius 1 is 1.22 bits per heavy atom. The molecule has 0 saturated heterocycles. The van der Waals surface area contributed by atoms with Gasteiger partial charge in [0, 0.05) is 19.7 Å². The molecule has 1 aromatic carbocycles. The molecular weight excluding hydrogens is 257 g/mol. The molecule has 0 saturated carbocycles. The Bertz CT molecular complexity index is 588. The predicted molar refractivity (Wildman–Crippen MR) is 69.0 cm³/mol.